The van der Waals surface area contributed by atoms with Crippen molar-refractivity contribution in [2.24, 2.45) is 0 Å². The Morgan fingerprint density at radius 2 is 0.542 bits per heavy atom. The van der Waals surface area contributed by atoms with Gasteiger partial charge in [-0.25, -0.2) is 9.97 Å². The van der Waals surface area contributed by atoms with Crippen LogP contribution in [0.2, 0.25) is 0 Å². The van der Waals surface area contributed by atoms with Crippen molar-refractivity contribution in [1.82, 2.24) is 9.97 Å². The molecule has 0 spiro atoms. The van der Waals surface area contributed by atoms with E-state index in [1.54, 1.807) is 0 Å². The Morgan fingerprint density at radius 3 is 0.896 bits per heavy atom. The lowest BCUT2D eigenvalue weighted by Gasteiger charge is -2.16. The normalized spacial score (nSPS) is 11.3. The largest absolute Gasteiger partial charge is 0.245 e. The second-order valence-corrected chi connectivity index (χ2v) is 12.7. The van der Waals surface area contributed by atoms with Crippen LogP contribution in [-0.4, -0.2) is 9.97 Å². The zero-order valence-electron chi connectivity index (χ0n) is 27.8. The monoisotopic (exact) mass is 616 g/mol. The molecule has 0 N–H and O–H groups in total. The van der Waals surface area contributed by atoms with Gasteiger partial charge in [0, 0.05) is 21.9 Å². The summed E-state index contributed by atoms with van der Waals surface area (Å²) in [4.78, 5) is 10.6. The fraction of sp³-hybridized carbons (Fsp3) is 0.0870. The molecule has 0 aliphatic carbocycles. The number of hydrogen-bond donors (Lipinski definition) is 0. The summed E-state index contributed by atoms with van der Waals surface area (Å²) in [5.74, 6) is 0. The SMILES string of the molecule is Cc1c(-c2ccccc2)nc2c(ccc3c(C)c(C)c(-c4ccc(-c5ccc(-c6ccc(-c7ccccc7)cc6)cc5)cc4)nc32)c1C. The minimum atomic E-state index is 0.961. The van der Waals surface area contributed by atoms with Crippen LogP contribution in [0.15, 0.2) is 146 Å². The van der Waals surface area contributed by atoms with E-state index in [1.807, 2.05) is 0 Å². The van der Waals surface area contributed by atoms with Crippen LogP contribution in [-0.2, 0) is 0 Å². The van der Waals surface area contributed by atoms with Crippen molar-refractivity contribution in [3.8, 4) is 55.9 Å². The third kappa shape index (κ3) is 5.16. The van der Waals surface area contributed by atoms with E-state index < -0.39 is 0 Å². The van der Waals surface area contributed by atoms with Crippen molar-refractivity contribution in [2.75, 3.05) is 0 Å². The number of rotatable bonds is 5. The molecule has 0 saturated heterocycles. The van der Waals surface area contributed by atoms with Crippen molar-refractivity contribution in [3.05, 3.63) is 168 Å². The van der Waals surface area contributed by atoms with Crippen LogP contribution in [0.25, 0.3) is 77.7 Å². The molecule has 2 heteroatoms. The highest BCUT2D eigenvalue weighted by molar-refractivity contribution is 6.07. The van der Waals surface area contributed by atoms with Gasteiger partial charge in [0.25, 0.3) is 0 Å². The van der Waals surface area contributed by atoms with Gasteiger partial charge >= 0.3 is 0 Å². The van der Waals surface area contributed by atoms with Crippen molar-refractivity contribution < 1.29 is 0 Å². The molecule has 0 amide bonds. The van der Waals surface area contributed by atoms with Gasteiger partial charge < -0.3 is 0 Å². The highest BCUT2D eigenvalue weighted by Gasteiger charge is 2.17. The van der Waals surface area contributed by atoms with E-state index in [9.17, 15) is 0 Å². The van der Waals surface area contributed by atoms with Crippen LogP contribution in [0, 0.1) is 27.7 Å². The van der Waals surface area contributed by atoms with E-state index in [2.05, 4.69) is 173 Å². The Morgan fingerprint density at radius 1 is 0.271 bits per heavy atom. The molecule has 0 aliphatic heterocycles. The van der Waals surface area contributed by atoms with Gasteiger partial charge in [-0.15, -0.1) is 0 Å². The highest BCUT2D eigenvalue weighted by Crippen LogP contribution is 2.37. The summed E-state index contributed by atoms with van der Waals surface area (Å²) in [7, 11) is 0. The number of pyridine rings is 2. The lowest BCUT2D eigenvalue weighted by atomic mass is 9.94. The Labute approximate surface area is 282 Å². The molecule has 0 atom stereocenters. The van der Waals surface area contributed by atoms with E-state index in [0.29, 0.717) is 0 Å². The Hall–Kier alpha value is -5.86. The Bertz CT molecular complexity index is 2420. The second-order valence-electron chi connectivity index (χ2n) is 12.7. The number of hydrogen-bond acceptors (Lipinski definition) is 2. The number of aryl methyl sites for hydroxylation is 2. The Kier molecular flexibility index (Phi) is 7.42. The van der Waals surface area contributed by atoms with E-state index in [-0.39, 0.29) is 0 Å². The third-order valence-corrected chi connectivity index (χ3v) is 9.99. The van der Waals surface area contributed by atoms with Crippen LogP contribution in [0.1, 0.15) is 22.3 Å². The van der Waals surface area contributed by atoms with Gasteiger partial charge in [0.2, 0.25) is 0 Å². The van der Waals surface area contributed by atoms with E-state index in [4.69, 9.17) is 9.97 Å². The quantitative estimate of drug-likeness (QED) is 0.180. The standard InChI is InChI=1S/C46H36N2/c1-29-31(3)43(39-13-9-6-10-14-39)47-45-41(29)27-28-42-30(2)32(4)44(48-46(42)45)40-25-23-38(24-26-40)37-21-19-36(20-22-37)35-17-15-34(16-18-35)33-11-7-5-8-12-33/h5-28H,1-4H3. The molecule has 230 valence electrons. The van der Waals surface area contributed by atoms with E-state index in [0.717, 1.165) is 44.3 Å². The zero-order valence-corrected chi connectivity index (χ0v) is 27.8. The summed E-state index contributed by atoms with van der Waals surface area (Å²) in [5, 5.41) is 2.32. The molecule has 2 aromatic heterocycles. The first-order chi connectivity index (χ1) is 23.5. The van der Waals surface area contributed by atoms with E-state index in [1.165, 1.54) is 55.6 Å². The summed E-state index contributed by atoms with van der Waals surface area (Å²) in [6, 6.07) is 51.9. The highest BCUT2D eigenvalue weighted by atomic mass is 14.8. The minimum absolute atomic E-state index is 0.961. The predicted octanol–water partition coefficient (Wildman–Crippen LogP) is 12.4. The Balaban J connectivity index is 1.13. The molecular weight excluding hydrogens is 581 g/mol. The molecular formula is C46H36N2. The summed E-state index contributed by atoms with van der Waals surface area (Å²) in [5.41, 5.74) is 18.4. The first-order valence-corrected chi connectivity index (χ1v) is 16.6. The fourth-order valence-electron chi connectivity index (χ4n) is 6.88. The lowest BCUT2D eigenvalue weighted by Crippen LogP contribution is -1.99. The van der Waals surface area contributed by atoms with Gasteiger partial charge in [0.1, 0.15) is 0 Å². The maximum atomic E-state index is 5.35. The number of benzene rings is 6. The molecule has 0 bridgehead atoms. The fourth-order valence-corrected chi connectivity index (χ4v) is 6.88. The predicted molar refractivity (Wildman–Crippen MR) is 203 cm³/mol. The van der Waals surface area contributed by atoms with Gasteiger partial charge in [0.15, 0.2) is 0 Å². The molecule has 0 unspecified atom stereocenters. The molecule has 2 nitrogen and oxygen atoms in total. The summed E-state index contributed by atoms with van der Waals surface area (Å²) in [6.07, 6.45) is 0. The van der Waals surface area contributed by atoms with Crippen LogP contribution in [0.3, 0.4) is 0 Å². The van der Waals surface area contributed by atoms with Crippen LogP contribution in [0.4, 0.5) is 0 Å². The van der Waals surface area contributed by atoms with Crippen LogP contribution < -0.4 is 0 Å². The molecule has 8 rings (SSSR count). The van der Waals surface area contributed by atoms with Gasteiger partial charge in [-0.05, 0) is 83.3 Å². The summed E-state index contributed by atoms with van der Waals surface area (Å²) in [6.45, 7) is 8.76. The maximum Gasteiger partial charge on any atom is 0.0975 e. The number of nitrogens with zero attached hydrogens (tertiary/aromatic N) is 2. The summed E-state index contributed by atoms with van der Waals surface area (Å²) < 4.78 is 0. The molecule has 2 heterocycles. The zero-order chi connectivity index (χ0) is 32.8. The smallest absolute Gasteiger partial charge is 0.0975 e. The molecule has 0 saturated carbocycles. The van der Waals surface area contributed by atoms with Crippen molar-refractivity contribution in [1.29, 1.82) is 0 Å². The van der Waals surface area contributed by atoms with Crippen LogP contribution >= 0.6 is 0 Å². The van der Waals surface area contributed by atoms with Gasteiger partial charge in [-0.3, -0.25) is 0 Å². The average molecular weight is 617 g/mol. The molecule has 48 heavy (non-hydrogen) atoms. The average Bonchev–Trinajstić information content (AvgIpc) is 3.15. The van der Waals surface area contributed by atoms with Crippen molar-refractivity contribution in [2.45, 2.75) is 27.7 Å². The van der Waals surface area contributed by atoms with Gasteiger partial charge in [-0.2, -0.15) is 0 Å². The maximum absolute atomic E-state index is 5.35. The minimum Gasteiger partial charge on any atom is -0.245 e. The summed E-state index contributed by atoms with van der Waals surface area (Å²) >= 11 is 0. The molecule has 8 aromatic rings. The second kappa shape index (κ2) is 12.1. The number of aromatic nitrogens is 2. The van der Waals surface area contributed by atoms with Gasteiger partial charge in [-0.1, -0.05) is 146 Å². The van der Waals surface area contributed by atoms with Crippen LogP contribution in [0.5, 0.6) is 0 Å². The first kappa shape index (κ1) is 29.5. The molecule has 6 aromatic carbocycles. The molecule has 0 fully saturated rings. The first-order valence-electron chi connectivity index (χ1n) is 16.6. The molecule has 0 aliphatic rings. The lowest BCUT2D eigenvalue weighted by molar-refractivity contribution is 1.25. The molecule has 0 radical (unpaired) electrons. The van der Waals surface area contributed by atoms with Crippen molar-refractivity contribution >= 4 is 21.8 Å². The number of fused-ring (bicyclic) bond motifs is 3. The topological polar surface area (TPSA) is 25.8 Å². The van der Waals surface area contributed by atoms with E-state index >= 15 is 0 Å². The van der Waals surface area contributed by atoms with Crippen molar-refractivity contribution in [3.63, 3.8) is 0 Å². The van der Waals surface area contributed by atoms with Gasteiger partial charge in [0.05, 0.1) is 22.4 Å². The third-order valence-electron chi connectivity index (χ3n) is 9.99.